The summed E-state index contributed by atoms with van der Waals surface area (Å²) < 4.78 is 32.1. The molecule has 0 aliphatic carbocycles. The van der Waals surface area contributed by atoms with E-state index >= 15 is 0 Å². The van der Waals surface area contributed by atoms with E-state index in [1.807, 2.05) is 0 Å². The minimum absolute atomic E-state index is 0.157. The van der Waals surface area contributed by atoms with Crippen LogP contribution in [0.1, 0.15) is 24.2 Å². The van der Waals surface area contributed by atoms with Gasteiger partial charge in [-0.15, -0.1) is 0 Å². The fourth-order valence-corrected chi connectivity index (χ4v) is 3.49. The molecule has 0 aliphatic rings. The van der Waals surface area contributed by atoms with Crippen LogP contribution >= 0.6 is 0 Å². The van der Waals surface area contributed by atoms with Crippen molar-refractivity contribution in [1.29, 1.82) is 0 Å². The van der Waals surface area contributed by atoms with E-state index in [2.05, 4.69) is 15.1 Å². The maximum absolute atomic E-state index is 14.7. The molecule has 0 radical (unpaired) electrons. The molecule has 2 atom stereocenters. The predicted molar refractivity (Wildman–Crippen MR) is 99.2 cm³/mol. The lowest BCUT2D eigenvalue weighted by molar-refractivity contribution is -0.0346. The second-order valence-corrected chi connectivity index (χ2v) is 6.93. The van der Waals surface area contributed by atoms with Gasteiger partial charge in [0.05, 0.1) is 18.3 Å². The normalized spacial score (nSPS) is 14.8. The number of fused-ring (bicyclic) bond motifs is 1. The fraction of sp³-hybridized carbons (Fsp3) is 0.263. The van der Waals surface area contributed by atoms with Gasteiger partial charge >= 0.3 is 5.69 Å². The quantitative estimate of drug-likeness (QED) is 0.552. The van der Waals surface area contributed by atoms with E-state index in [-0.39, 0.29) is 12.1 Å². The van der Waals surface area contributed by atoms with Gasteiger partial charge in [-0.25, -0.2) is 28.2 Å². The summed E-state index contributed by atoms with van der Waals surface area (Å²) in [6.45, 7) is 3.13. The van der Waals surface area contributed by atoms with Crippen molar-refractivity contribution < 1.29 is 13.9 Å². The van der Waals surface area contributed by atoms with Crippen molar-refractivity contribution in [2.75, 3.05) is 0 Å². The minimum atomic E-state index is -1.93. The smallest absolute Gasteiger partial charge is 0.334 e. The number of aromatic nitrogens is 6. The second-order valence-electron chi connectivity index (χ2n) is 6.93. The highest BCUT2D eigenvalue weighted by Crippen LogP contribution is 2.36. The van der Waals surface area contributed by atoms with Crippen molar-refractivity contribution >= 4 is 5.65 Å². The zero-order valence-electron chi connectivity index (χ0n) is 15.7. The van der Waals surface area contributed by atoms with E-state index in [4.69, 9.17) is 0 Å². The number of hydrogen-bond donors (Lipinski definition) is 1. The van der Waals surface area contributed by atoms with Gasteiger partial charge in [0.25, 0.3) is 0 Å². The molecule has 1 aromatic carbocycles. The third-order valence-electron chi connectivity index (χ3n) is 5.04. The summed E-state index contributed by atoms with van der Waals surface area (Å²) in [7, 11) is 0. The lowest BCUT2D eigenvalue weighted by Crippen LogP contribution is -2.44. The van der Waals surface area contributed by atoms with Crippen LogP contribution in [0.25, 0.3) is 5.65 Å². The monoisotopic (exact) mass is 400 g/mol. The van der Waals surface area contributed by atoms with Crippen LogP contribution in [0, 0.1) is 18.6 Å². The zero-order valence-corrected chi connectivity index (χ0v) is 15.7. The summed E-state index contributed by atoms with van der Waals surface area (Å²) in [6, 6.07) is 3.61. The summed E-state index contributed by atoms with van der Waals surface area (Å²) >= 11 is 0. The van der Waals surface area contributed by atoms with Crippen LogP contribution in [0.3, 0.4) is 0 Å². The average molecular weight is 400 g/mol. The summed E-state index contributed by atoms with van der Waals surface area (Å²) in [5.74, 6) is -1.69. The fourth-order valence-electron chi connectivity index (χ4n) is 3.49. The summed E-state index contributed by atoms with van der Waals surface area (Å²) in [5.41, 5.74) is -1.41. The molecular formula is C19H18F2N6O2. The van der Waals surface area contributed by atoms with E-state index in [1.165, 1.54) is 38.6 Å². The largest absolute Gasteiger partial charge is 0.381 e. The number of nitrogens with zero attached hydrogens (tertiary/aromatic N) is 6. The molecule has 150 valence electrons. The molecule has 8 nitrogen and oxygen atoms in total. The highest BCUT2D eigenvalue weighted by molar-refractivity contribution is 5.38. The maximum atomic E-state index is 14.7. The standard InChI is InChI=1S/C19H18F2N6O2/c1-12-8-27-17(24-12)5-6-26(18(27)28)13(2)19(29,9-25-11-22-10-23-25)15-4-3-14(20)7-16(15)21/h3-8,10-11,13,29H,9H2,1-2H3. The highest BCUT2D eigenvalue weighted by atomic mass is 19.1. The van der Waals surface area contributed by atoms with Crippen LogP contribution in [0.4, 0.5) is 8.78 Å². The minimum Gasteiger partial charge on any atom is -0.381 e. The molecule has 0 bridgehead atoms. The first kappa shape index (κ1) is 18.9. The van der Waals surface area contributed by atoms with Crippen LogP contribution in [0.15, 0.2) is 54.1 Å². The van der Waals surface area contributed by atoms with Crippen LogP contribution < -0.4 is 5.69 Å². The number of rotatable bonds is 5. The first-order chi connectivity index (χ1) is 13.8. The van der Waals surface area contributed by atoms with E-state index in [0.717, 1.165) is 6.07 Å². The number of benzene rings is 1. The van der Waals surface area contributed by atoms with Gasteiger partial charge < -0.3 is 5.11 Å². The summed E-state index contributed by atoms with van der Waals surface area (Å²) in [5, 5.41) is 15.6. The number of hydrogen-bond acceptors (Lipinski definition) is 5. The van der Waals surface area contributed by atoms with Crippen molar-refractivity contribution in [2.24, 2.45) is 0 Å². The number of aryl methyl sites for hydroxylation is 1. The van der Waals surface area contributed by atoms with E-state index in [9.17, 15) is 18.7 Å². The molecule has 4 aromatic rings. The Hall–Kier alpha value is -3.40. The molecule has 0 saturated carbocycles. The van der Waals surface area contributed by atoms with Crippen LogP contribution in [0.5, 0.6) is 0 Å². The Balaban J connectivity index is 1.88. The van der Waals surface area contributed by atoms with Crippen molar-refractivity contribution in [1.82, 2.24) is 28.7 Å². The van der Waals surface area contributed by atoms with Crippen molar-refractivity contribution in [3.8, 4) is 0 Å². The number of halogens is 2. The van der Waals surface area contributed by atoms with Gasteiger partial charge in [0.2, 0.25) is 0 Å². The van der Waals surface area contributed by atoms with Gasteiger partial charge in [-0.2, -0.15) is 5.10 Å². The predicted octanol–water partition coefficient (Wildman–Crippen LogP) is 1.82. The molecule has 10 heteroatoms. The molecule has 4 rings (SSSR count). The van der Waals surface area contributed by atoms with Gasteiger partial charge in [0.1, 0.15) is 35.5 Å². The Labute approximate surface area is 163 Å². The van der Waals surface area contributed by atoms with Crippen molar-refractivity contribution in [2.45, 2.75) is 32.0 Å². The molecule has 1 N–H and O–H groups in total. The van der Waals surface area contributed by atoms with Crippen molar-refractivity contribution in [3.05, 3.63) is 82.7 Å². The van der Waals surface area contributed by atoms with E-state index in [1.54, 1.807) is 26.1 Å². The molecule has 0 fully saturated rings. The molecule has 3 heterocycles. The van der Waals surface area contributed by atoms with Crippen molar-refractivity contribution in [3.63, 3.8) is 0 Å². The second kappa shape index (κ2) is 6.89. The molecule has 0 amide bonds. The van der Waals surface area contributed by atoms with Gasteiger partial charge in [-0.05, 0) is 26.0 Å². The SMILES string of the molecule is Cc1cn2c(=O)n(C(C)C(O)(Cn3cncn3)c3ccc(F)cc3F)ccc2n1. The first-order valence-electron chi connectivity index (χ1n) is 8.87. The molecular weight excluding hydrogens is 382 g/mol. The Morgan fingerprint density at radius 3 is 2.76 bits per heavy atom. The molecule has 0 spiro atoms. The lowest BCUT2D eigenvalue weighted by atomic mass is 9.86. The van der Waals surface area contributed by atoms with E-state index < -0.39 is 29.0 Å². The van der Waals surface area contributed by atoms with Crippen LogP contribution in [-0.2, 0) is 12.1 Å². The molecule has 0 saturated heterocycles. The Morgan fingerprint density at radius 1 is 1.28 bits per heavy atom. The Morgan fingerprint density at radius 2 is 2.07 bits per heavy atom. The molecule has 2 unspecified atom stereocenters. The van der Waals surface area contributed by atoms with E-state index in [0.29, 0.717) is 17.4 Å². The first-order valence-corrected chi connectivity index (χ1v) is 8.87. The molecule has 29 heavy (non-hydrogen) atoms. The summed E-state index contributed by atoms with van der Waals surface area (Å²) in [4.78, 5) is 21.1. The Kier molecular flexibility index (Phi) is 4.50. The van der Waals surface area contributed by atoms with Gasteiger partial charge in [0, 0.05) is 24.0 Å². The van der Waals surface area contributed by atoms with Crippen LogP contribution in [0.2, 0.25) is 0 Å². The van der Waals surface area contributed by atoms with Crippen LogP contribution in [-0.4, -0.2) is 33.8 Å². The average Bonchev–Trinajstić information content (AvgIpc) is 3.30. The number of imidazole rings is 1. The third kappa shape index (κ3) is 3.21. The maximum Gasteiger partial charge on any atom is 0.334 e. The number of aliphatic hydroxyl groups is 1. The van der Waals surface area contributed by atoms with Gasteiger partial charge in [-0.1, -0.05) is 6.07 Å². The third-order valence-corrected chi connectivity index (χ3v) is 5.04. The Bertz CT molecular complexity index is 1230. The molecule has 0 aliphatic heterocycles. The molecule has 3 aromatic heterocycles. The van der Waals surface area contributed by atoms with Gasteiger partial charge in [0.15, 0.2) is 0 Å². The zero-order chi connectivity index (χ0) is 20.8. The summed E-state index contributed by atoms with van der Waals surface area (Å²) in [6.07, 6.45) is 5.71. The highest BCUT2D eigenvalue weighted by Gasteiger charge is 2.40. The van der Waals surface area contributed by atoms with Gasteiger partial charge in [-0.3, -0.25) is 8.97 Å². The topological polar surface area (TPSA) is 90.2 Å². The lowest BCUT2D eigenvalue weighted by Gasteiger charge is -2.35.